The summed E-state index contributed by atoms with van der Waals surface area (Å²) in [6.07, 6.45) is 2.16. The van der Waals surface area contributed by atoms with E-state index in [2.05, 4.69) is 15.6 Å². The lowest BCUT2D eigenvalue weighted by Gasteiger charge is -2.08. The summed E-state index contributed by atoms with van der Waals surface area (Å²) >= 11 is 0. The number of benzene rings is 1. The van der Waals surface area contributed by atoms with Crippen LogP contribution in [0.15, 0.2) is 42.6 Å². The summed E-state index contributed by atoms with van der Waals surface area (Å²) in [7, 11) is 3.21. The minimum atomic E-state index is -0.314. The van der Waals surface area contributed by atoms with Gasteiger partial charge in [0.25, 0.3) is 11.8 Å². The third kappa shape index (κ3) is 5.86. The highest BCUT2D eigenvalue weighted by molar-refractivity contribution is 5.98. The Labute approximate surface area is 152 Å². The molecular formula is C19H23N3O4. The standard InChI is InChI=1S/C19H23N3O4/c1-25-11-3-9-21-19(24)17-12-15(8-10-20-17)18(23)22-13-14-4-6-16(26-2)7-5-14/h4-8,10,12H,3,9,11,13H2,1-2H3,(H,21,24)(H,22,23). The van der Waals surface area contributed by atoms with E-state index in [0.717, 1.165) is 11.3 Å². The molecule has 0 fully saturated rings. The summed E-state index contributed by atoms with van der Waals surface area (Å²) in [4.78, 5) is 28.4. The van der Waals surface area contributed by atoms with Crippen LogP contribution in [-0.4, -0.2) is 44.2 Å². The Morgan fingerprint density at radius 2 is 1.81 bits per heavy atom. The van der Waals surface area contributed by atoms with E-state index in [1.54, 1.807) is 20.3 Å². The van der Waals surface area contributed by atoms with Gasteiger partial charge in [-0.25, -0.2) is 0 Å². The number of methoxy groups -OCH3 is 2. The monoisotopic (exact) mass is 357 g/mol. The number of carbonyl (C=O) groups is 2. The number of nitrogens with zero attached hydrogens (tertiary/aromatic N) is 1. The van der Waals surface area contributed by atoms with Crippen molar-refractivity contribution in [3.05, 3.63) is 59.4 Å². The van der Waals surface area contributed by atoms with Crippen LogP contribution in [0.2, 0.25) is 0 Å². The van der Waals surface area contributed by atoms with E-state index in [-0.39, 0.29) is 17.5 Å². The van der Waals surface area contributed by atoms with Crippen molar-refractivity contribution in [3.63, 3.8) is 0 Å². The quantitative estimate of drug-likeness (QED) is 0.668. The summed E-state index contributed by atoms with van der Waals surface area (Å²) in [5.74, 6) is 0.179. The number of rotatable bonds is 9. The van der Waals surface area contributed by atoms with Gasteiger partial charge in [-0.3, -0.25) is 14.6 Å². The van der Waals surface area contributed by atoms with Crippen LogP contribution in [-0.2, 0) is 11.3 Å². The number of carbonyl (C=O) groups excluding carboxylic acids is 2. The first kappa shape index (κ1) is 19.4. The van der Waals surface area contributed by atoms with Crippen LogP contribution in [0, 0.1) is 0 Å². The molecule has 26 heavy (non-hydrogen) atoms. The molecule has 0 aliphatic heterocycles. The number of hydrogen-bond acceptors (Lipinski definition) is 5. The van der Waals surface area contributed by atoms with E-state index in [0.29, 0.717) is 31.7 Å². The summed E-state index contributed by atoms with van der Waals surface area (Å²) in [5, 5.41) is 5.57. The maximum Gasteiger partial charge on any atom is 0.269 e. The maximum absolute atomic E-state index is 12.3. The van der Waals surface area contributed by atoms with Crippen LogP contribution in [0.3, 0.4) is 0 Å². The second-order valence-electron chi connectivity index (χ2n) is 5.56. The van der Waals surface area contributed by atoms with Crippen molar-refractivity contribution in [2.75, 3.05) is 27.4 Å². The fourth-order valence-electron chi connectivity index (χ4n) is 2.23. The van der Waals surface area contributed by atoms with Gasteiger partial charge >= 0.3 is 0 Å². The zero-order chi connectivity index (χ0) is 18.8. The highest BCUT2D eigenvalue weighted by atomic mass is 16.5. The van der Waals surface area contributed by atoms with Gasteiger partial charge in [0.05, 0.1) is 7.11 Å². The van der Waals surface area contributed by atoms with E-state index in [9.17, 15) is 9.59 Å². The zero-order valence-corrected chi connectivity index (χ0v) is 15.0. The largest absolute Gasteiger partial charge is 0.497 e. The van der Waals surface area contributed by atoms with Gasteiger partial charge < -0.3 is 20.1 Å². The molecule has 2 N–H and O–H groups in total. The number of amides is 2. The second-order valence-corrected chi connectivity index (χ2v) is 5.56. The number of pyridine rings is 1. The Bertz CT molecular complexity index is 732. The van der Waals surface area contributed by atoms with Gasteiger partial charge in [-0.15, -0.1) is 0 Å². The average molecular weight is 357 g/mol. The molecule has 0 atom stereocenters. The third-order valence-electron chi connectivity index (χ3n) is 3.68. The molecule has 0 aliphatic carbocycles. The predicted molar refractivity (Wildman–Crippen MR) is 97.2 cm³/mol. The Morgan fingerprint density at radius 1 is 1.04 bits per heavy atom. The first-order chi connectivity index (χ1) is 12.6. The lowest BCUT2D eigenvalue weighted by Crippen LogP contribution is -2.27. The van der Waals surface area contributed by atoms with Crippen LogP contribution in [0.5, 0.6) is 5.75 Å². The molecule has 0 unspecified atom stereocenters. The molecule has 1 aromatic heterocycles. The molecule has 0 saturated carbocycles. The highest BCUT2D eigenvalue weighted by Gasteiger charge is 2.11. The van der Waals surface area contributed by atoms with Crippen molar-refractivity contribution in [1.29, 1.82) is 0 Å². The first-order valence-corrected chi connectivity index (χ1v) is 8.28. The molecule has 0 radical (unpaired) electrons. The second kappa shape index (κ2) is 10.1. The van der Waals surface area contributed by atoms with Crippen molar-refractivity contribution in [1.82, 2.24) is 15.6 Å². The predicted octanol–water partition coefficient (Wildman–Crippen LogP) is 1.79. The molecule has 2 amide bonds. The van der Waals surface area contributed by atoms with Crippen molar-refractivity contribution in [3.8, 4) is 5.75 Å². The van der Waals surface area contributed by atoms with E-state index in [1.807, 2.05) is 24.3 Å². The number of nitrogens with one attached hydrogen (secondary N) is 2. The lowest BCUT2D eigenvalue weighted by molar-refractivity contribution is 0.0943. The topological polar surface area (TPSA) is 89.5 Å². The van der Waals surface area contributed by atoms with Gasteiger partial charge in [-0.05, 0) is 36.2 Å². The normalized spacial score (nSPS) is 10.2. The molecule has 138 valence electrons. The average Bonchev–Trinajstić information content (AvgIpc) is 2.69. The van der Waals surface area contributed by atoms with Gasteiger partial charge in [-0.1, -0.05) is 12.1 Å². The van der Waals surface area contributed by atoms with E-state index in [1.165, 1.54) is 12.3 Å². The van der Waals surface area contributed by atoms with Crippen LogP contribution in [0.25, 0.3) is 0 Å². The van der Waals surface area contributed by atoms with Gasteiger partial charge in [0.2, 0.25) is 0 Å². The summed E-state index contributed by atoms with van der Waals surface area (Å²) in [6, 6.07) is 10.5. The fourth-order valence-corrected chi connectivity index (χ4v) is 2.23. The molecule has 0 bridgehead atoms. The summed E-state index contributed by atoms with van der Waals surface area (Å²) in [5.41, 5.74) is 1.54. The molecule has 2 rings (SSSR count). The van der Waals surface area contributed by atoms with Crippen LogP contribution < -0.4 is 15.4 Å². The molecule has 2 aromatic rings. The van der Waals surface area contributed by atoms with E-state index >= 15 is 0 Å². The Morgan fingerprint density at radius 3 is 2.50 bits per heavy atom. The molecule has 1 aromatic carbocycles. The van der Waals surface area contributed by atoms with Gasteiger partial charge in [0.1, 0.15) is 11.4 Å². The van der Waals surface area contributed by atoms with Gasteiger partial charge in [0.15, 0.2) is 0 Å². The third-order valence-corrected chi connectivity index (χ3v) is 3.68. The summed E-state index contributed by atoms with van der Waals surface area (Å²) < 4.78 is 10.0. The Kier molecular flexibility index (Phi) is 7.57. The Balaban J connectivity index is 1.91. The van der Waals surface area contributed by atoms with Crippen molar-refractivity contribution in [2.24, 2.45) is 0 Å². The maximum atomic E-state index is 12.3. The molecule has 7 nitrogen and oxygen atoms in total. The van der Waals surface area contributed by atoms with Crippen LogP contribution in [0.1, 0.15) is 32.8 Å². The number of hydrogen-bond donors (Lipinski definition) is 2. The number of ether oxygens (including phenoxy) is 2. The molecule has 0 spiro atoms. The zero-order valence-electron chi connectivity index (χ0n) is 15.0. The fraction of sp³-hybridized carbons (Fsp3) is 0.316. The number of aromatic nitrogens is 1. The van der Waals surface area contributed by atoms with Crippen molar-refractivity contribution in [2.45, 2.75) is 13.0 Å². The Hall–Kier alpha value is -2.93. The van der Waals surface area contributed by atoms with Crippen LogP contribution >= 0.6 is 0 Å². The van der Waals surface area contributed by atoms with Crippen molar-refractivity contribution < 1.29 is 19.1 Å². The van der Waals surface area contributed by atoms with E-state index in [4.69, 9.17) is 9.47 Å². The lowest BCUT2D eigenvalue weighted by atomic mass is 10.2. The minimum Gasteiger partial charge on any atom is -0.497 e. The SMILES string of the molecule is COCCCNC(=O)c1cc(C(=O)NCc2ccc(OC)cc2)ccn1. The summed E-state index contributed by atoms with van der Waals surface area (Å²) in [6.45, 7) is 1.44. The molecule has 0 aliphatic rings. The van der Waals surface area contributed by atoms with Crippen molar-refractivity contribution >= 4 is 11.8 Å². The van der Waals surface area contributed by atoms with Gasteiger partial charge in [-0.2, -0.15) is 0 Å². The first-order valence-electron chi connectivity index (χ1n) is 8.28. The van der Waals surface area contributed by atoms with Gasteiger partial charge in [0, 0.05) is 38.6 Å². The molecular weight excluding hydrogens is 334 g/mol. The minimum absolute atomic E-state index is 0.208. The van der Waals surface area contributed by atoms with E-state index < -0.39 is 0 Å². The molecule has 0 saturated heterocycles. The highest BCUT2D eigenvalue weighted by Crippen LogP contribution is 2.11. The molecule has 7 heteroatoms. The smallest absolute Gasteiger partial charge is 0.269 e. The molecule has 1 heterocycles. The van der Waals surface area contributed by atoms with Crippen LogP contribution in [0.4, 0.5) is 0 Å².